The minimum absolute atomic E-state index is 0.155. The van der Waals surface area contributed by atoms with Gasteiger partial charge in [-0.1, -0.05) is 0 Å². The van der Waals surface area contributed by atoms with Gasteiger partial charge in [0.15, 0.2) is 0 Å². The van der Waals surface area contributed by atoms with Gasteiger partial charge in [-0.15, -0.1) is 0 Å². The van der Waals surface area contributed by atoms with E-state index in [1.807, 2.05) is 0 Å². The van der Waals surface area contributed by atoms with Crippen molar-refractivity contribution in [2.75, 3.05) is 7.11 Å². The molecule has 0 aliphatic heterocycles. The lowest BCUT2D eigenvalue weighted by Gasteiger charge is -2.01. The normalized spacial score (nSPS) is 13.7. The fraction of sp³-hybridized carbons (Fsp3) is 0.364. The Hall–Kier alpha value is -1.55. The van der Waals surface area contributed by atoms with E-state index in [1.54, 1.807) is 26.0 Å². The van der Waals surface area contributed by atoms with Crippen LogP contribution in [0.5, 0.6) is 0 Å². The second kappa shape index (κ2) is 4.79. The van der Waals surface area contributed by atoms with E-state index < -0.39 is 12.1 Å². The van der Waals surface area contributed by atoms with Crippen molar-refractivity contribution in [1.29, 1.82) is 0 Å². The third kappa shape index (κ3) is 2.95. The van der Waals surface area contributed by atoms with Crippen LogP contribution in [0.2, 0.25) is 0 Å². The lowest BCUT2D eigenvalue weighted by Crippen LogP contribution is -2.00. The fourth-order valence-electron chi connectivity index (χ4n) is 0.986. The lowest BCUT2D eigenvalue weighted by atomic mass is 10.1. The van der Waals surface area contributed by atoms with E-state index in [9.17, 15) is 9.90 Å². The van der Waals surface area contributed by atoms with Gasteiger partial charge in [0.2, 0.25) is 5.76 Å². The molecule has 1 unspecified atom stereocenters. The van der Waals surface area contributed by atoms with Gasteiger partial charge in [-0.3, -0.25) is 0 Å². The predicted molar refractivity (Wildman–Crippen MR) is 55.4 cm³/mol. The predicted octanol–water partition coefficient (Wildman–Crippen LogP) is 1.85. The molecule has 1 aromatic heterocycles. The Labute approximate surface area is 88.2 Å². The van der Waals surface area contributed by atoms with Crippen molar-refractivity contribution in [3.8, 4) is 0 Å². The van der Waals surface area contributed by atoms with Crippen LogP contribution >= 0.6 is 0 Å². The first-order valence-corrected chi connectivity index (χ1v) is 4.59. The maximum absolute atomic E-state index is 11.1. The molecule has 0 fully saturated rings. The van der Waals surface area contributed by atoms with E-state index in [4.69, 9.17) is 4.42 Å². The Morgan fingerprint density at radius 1 is 1.60 bits per heavy atom. The Morgan fingerprint density at radius 3 is 2.80 bits per heavy atom. The quantitative estimate of drug-likeness (QED) is 0.773. The number of esters is 1. The molecule has 1 rings (SSSR count). The molecule has 0 saturated carbocycles. The van der Waals surface area contributed by atoms with Gasteiger partial charge in [-0.25, -0.2) is 4.79 Å². The van der Waals surface area contributed by atoms with Crippen LogP contribution in [0, 0.1) is 0 Å². The smallest absolute Gasteiger partial charge is 0.373 e. The molecule has 0 spiro atoms. The summed E-state index contributed by atoms with van der Waals surface area (Å²) in [5, 5.41) is 9.24. The number of aliphatic hydroxyl groups is 1. The highest BCUT2D eigenvalue weighted by Gasteiger charge is 2.10. The molecule has 1 aromatic rings. The Kier molecular flexibility index (Phi) is 3.68. The minimum atomic E-state index is -0.531. The lowest BCUT2D eigenvalue weighted by molar-refractivity contribution is 0.0564. The molecule has 1 heterocycles. The van der Waals surface area contributed by atoms with E-state index in [2.05, 4.69) is 4.74 Å². The van der Waals surface area contributed by atoms with Crippen molar-refractivity contribution in [3.05, 3.63) is 29.2 Å². The van der Waals surface area contributed by atoms with Crippen LogP contribution in [0.4, 0.5) is 0 Å². The molecule has 0 saturated heterocycles. The van der Waals surface area contributed by atoms with Crippen LogP contribution < -0.4 is 0 Å². The Bertz CT molecular complexity index is 374. The van der Waals surface area contributed by atoms with Gasteiger partial charge in [-0.05, 0) is 37.6 Å². The first-order chi connectivity index (χ1) is 7.04. The molecular weight excluding hydrogens is 196 g/mol. The summed E-state index contributed by atoms with van der Waals surface area (Å²) in [6.45, 7) is 3.45. The number of aliphatic hydroxyl groups excluding tert-OH is 1. The summed E-state index contributed by atoms with van der Waals surface area (Å²) in [7, 11) is 1.29. The Morgan fingerprint density at radius 2 is 2.27 bits per heavy atom. The molecule has 0 bridgehead atoms. The largest absolute Gasteiger partial charge is 0.463 e. The van der Waals surface area contributed by atoms with Crippen molar-refractivity contribution in [3.63, 3.8) is 0 Å². The number of hydrogen-bond acceptors (Lipinski definition) is 4. The summed E-state index contributed by atoms with van der Waals surface area (Å²) in [5.74, 6) is 0.167. The number of methoxy groups -OCH3 is 1. The monoisotopic (exact) mass is 210 g/mol. The molecule has 0 amide bonds. The first-order valence-electron chi connectivity index (χ1n) is 4.59. The highest BCUT2D eigenvalue weighted by molar-refractivity contribution is 5.86. The molecule has 15 heavy (non-hydrogen) atoms. The molecule has 0 aliphatic rings. The Balaban J connectivity index is 2.85. The maximum atomic E-state index is 11.1. The number of carbonyl (C=O) groups excluding carboxylic acids is 1. The number of ether oxygens (including phenoxy) is 1. The summed E-state index contributed by atoms with van der Waals surface area (Å²) < 4.78 is 9.69. The van der Waals surface area contributed by atoms with Gasteiger partial charge >= 0.3 is 5.97 Å². The first kappa shape index (κ1) is 11.5. The average molecular weight is 210 g/mol. The van der Waals surface area contributed by atoms with Crippen LogP contribution in [-0.2, 0) is 4.74 Å². The molecule has 0 aromatic carbocycles. The number of furan rings is 1. The van der Waals surface area contributed by atoms with Gasteiger partial charge in [0.05, 0.1) is 13.2 Å². The minimum Gasteiger partial charge on any atom is -0.463 e. The van der Waals surface area contributed by atoms with E-state index in [0.717, 1.165) is 5.57 Å². The average Bonchev–Trinajstić information content (AvgIpc) is 2.65. The van der Waals surface area contributed by atoms with Crippen molar-refractivity contribution < 1.29 is 19.1 Å². The number of rotatable bonds is 3. The SMILES string of the molecule is COC(=O)c1ccc(/C=C(/C)C(C)O)o1. The van der Waals surface area contributed by atoms with Crippen molar-refractivity contribution in [2.45, 2.75) is 20.0 Å². The molecular formula is C11H14O4. The molecule has 1 N–H and O–H groups in total. The van der Waals surface area contributed by atoms with Gasteiger partial charge in [0, 0.05) is 0 Å². The van der Waals surface area contributed by atoms with Gasteiger partial charge in [-0.2, -0.15) is 0 Å². The third-order valence-electron chi connectivity index (χ3n) is 2.04. The molecule has 0 radical (unpaired) electrons. The van der Waals surface area contributed by atoms with Crippen LogP contribution in [0.3, 0.4) is 0 Å². The van der Waals surface area contributed by atoms with E-state index in [-0.39, 0.29) is 5.76 Å². The van der Waals surface area contributed by atoms with E-state index in [0.29, 0.717) is 5.76 Å². The van der Waals surface area contributed by atoms with Gasteiger partial charge in [0.1, 0.15) is 5.76 Å². The van der Waals surface area contributed by atoms with Crippen LogP contribution in [0.15, 0.2) is 22.1 Å². The van der Waals surface area contributed by atoms with Crippen LogP contribution in [0.25, 0.3) is 6.08 Å². The zero-order valence-electron chi connectivity index (χ0n) is 8.98. The van der Waals surface area contributed by atoms with Crippen LogP contribution in [-0.4, -0.2) is 24.3 Å². The molecule has 0 aliphatic carbocycles. The zero-order chi connectivity index (χ0) is 11.4. The summed E-state index contributed by atoms with van der Waals surface area (Å²) >= 11 is 0. The highest BCUT2D eigenvalue weighted by Crippen LogP contribution is 2.14. The second-order valence-corrected chi connectivity index (χ2v) is 3.26. The van der Waals surface area contributed by atoms with Crippen LogP contribution in [0.1, 0.15) is 30.2 Å². The van der Waals surface area contributed by atoms with Crippen molar-refractivity contribution in [2.24, 2.45) is 0 Å². The summed E-state index contributed by atoms with van der Waals surface area (Å²) in [6.07, 6.45) is 1.15. The standard InChI is InChI=1S/C11H14O4/c1-7(8(2)12)6-9-4-5-10(15-9)11(13)14-3/h4-6,8,12H,1-3H3/b7-6-. The molecule has 82 valence electrons. The maximum Gasteiger partial charge on any atom is 0.373 e. The zero-order valence-corrected chi connectivity index (χ0v) is 8.98. The topological polar surface area (TPSA) is 59.7 Å². The summed E-state index contributed by atoms with van der Waals surface area (Å²) in [4.78, 5) is 11.1. The van der Waals surface area contributed by atoms with Gasteiger partial charge in [0.25, 0.3) is 0 Å². The van der Waals surface area contributed by atoms with E-state index >= 15 is 0 Å². The fourth-order valence-corrected chi connectivity index (χ4v) is 0.986. The van der Waals surface area contributed by atoms with E-state index in [1.165, 1.54) is 13.2 Å². The van der Waals surface area contributed by atoms with Crippen molar-refractivity contribution >= 4 is 12.0 Å². The van der Waals surface area contributed by atoms with Crippen molar-refractivity contribution in [1.82, 2.24) is 0 Å². The second-order valence-electron chi connectivity index (χ2n) is 3.26. The third-order valence-corrected chi connectivity index (χ3v) is 2.04. The summed E-state index contributed by atoms with van der Waals surface area (Å²) in [6, 6.07) is 3.19. The molecule has 1 atom stereocenters. The van der Waals surface area contributed by atoms with Gasteiger partial charge < -0.3 is 14.3 Å². The number of hydrogen-bond donors (Lipinski definition) is 1. The highest BCUT2D eigenvalue weighted by atomic mass is 16.5. The molecule has 4 heteroatoms. The molecule has 4 nitrogen and oxygen atoms in total. The summed E-state index contributed by atoms with van der Waals surface area (Å²) in [5.41, 5.74) is 0.765. The number of carbonyl (C=O) groups is 1.